The Morgan fingerprint density at radius 3 is 2.43 bits per heavy atom. The normalized spacial score (nSPS) is 12.0. The van der Waals surface area contributed by atoms with Gasteiger partial charge in [0.2, 0.25) is 0 Å². The Balaban J connectivity index is 2.38. The number of hydrogen-bond donors (Lipinski definition) is 1. The summed E-state index contributed by atoms with van der Waals surface area (Å²) in [7, 11) is 1.68. The van der Waals surface area contributed by atoms with Gasteiger partial charge in [-0.2, -0.15) is 5.10 Å². The molecule has 1 amide bonds. The van der Waals surface area contributed by atoms with Crippen LogP contribution in [0.4, 0.5) is 0 Å². The number of carboxylic acid groups (broad SMARTS) is 1. The highest BCUT2D eigenvalue weighted by Crippen LogP contribution is 2.22. The molecule has 0 bridgehead atoms. The molecule has 0 aliphatic rings. The number of rotatable bonds is 5. The molecular formula is C16H18ClN3O3. The zero-order chi connectivity index (χ0) is 17.1. The summed E-state index contributed by atoms with van der Waals surface area (Å²) in [5, 5.41) is 13.7. The van der Waals surface area contributed by atoms with Crippen LogP contribution in [0.2, 0.25) is 5.02 Å². The van der Waals surface area contributed by atoms with Gasteiger partial charge in [0.1, 0.15) is 6.04 Å². The fourth-order valence-electron chi connectivity index (χ4n) is 2.15. The first kappa shape index (κ1) is 17.0. The Morgan fingerprint density at radius 1 is 1.35 bits per heavy atom. The van der Waals surface area contributed by atoms with Crippen LogP contribution in [0.1, 0.15) is 28.7 Å². The number of carboxylic acids is 1. The minimum atomic E-state index is -1.09. The zero-order valence-corrected chi connectivity index (χ0v) is 13.9. The van der Waals surface area contributed by atoms with Crippen LogP contribution in [0.3, 0.4) is 0 Å². The van der Waals surface area contributed by atoms with E-state index in [2.05, 4.69) is 5.10 Å². The quantitative estimate of drug-likeness (QED) is 0.911. The largest absolute Gasteiger partial charge is 0.480 e. The van der Waals surface area contributed by atoms with Crippen molar-refractivity contribution in [1.82, 2.24) is 14.7 Å². The van der Waals surface area contributed by atoms with Gasteiger partial charge in [0.15, 0.2) is 5.69 Å². The maximum Gasteiger partial charge on any atom is 0.326 e. The number of nitrogens with zero attached hydrogens (tertiary/aromatic N) is 3. The molecule has 0 saturated carbocycles. The van der Waals surface area contributed by atoms with E-state index in [-0.39, 0.29) is 17.3 Å². The van der Waals surface area contributed by atoms with E-state index in [1.807, 2.05) is 30.3 Å². The molecule has 1 aromatic carbocycles. The van der Waals surface area contributed by atoms with Crippen LogP contribution in [0.15, 0.2) is 30.3 Å². The second-order valence-electron chi connectivity index (χ2n) is 5.30. The van der Waals surface area contributed by atoms with Crippen molar-refractivity contribution < 1.29 is 14.7 Å². The van der Waals surface area contributed by atoms with Gasteiger partial charge in [-0.1, -0.05) is 41.9 Å². The number of amides is 1. The average Bonchev–Trinajstić information content (AvgIpc) is 2.79. The fraction of sp³-hybridized carbons (Fsp3) is 0.312. The molecule has 2 rings (SSSR count). The van der Waals surface area contributed by atoms with Crippen LogP contribution in [0, 0.1) is 6.92 Å². The van der Waals surface area contributed by atoms with Gasteiger partial charge in [-0.25, -0.2) is 4.79 Å². The van der Waals surface area contributed by atoms with Crippen molar-refractivity contribution in [3.05, 3.63) is 52.3 Å². The monoisotopic (exact) mass is 335 g/mol. The molecule has 1 aromatic heterocycles. The van der Waals surface area contributed by atoms with Crippen molar-refractivity contribution in [1.29, 1.82) is 0 Å². The van der Waals surface area contributed by atoms with E-state index in [0.717, 1.165) is 5.56 Å². The van der Waals surface area contributed by atoms with Gasteiger partial charge >= 0.3 is 5.97 Å². The van der Waals surface area contributed by atoms with E-state index in [9.17, 15) is 14.7 Å². The summed E-state index contributed by atoms with van der Waals surface area (Å²) in [6, 6.07) is 8.19. The van der Waals surface area contributed by atoms with Gasteiger partial charge in [-0.05, 0) is 19.4 Å². The number of halogens is 1. The highest BCUT2D eigenvalue weighted by molar-refractivity contribution is 6.34. The highest BCUT2D eigenvalue weighted by Gasteiger charge is 2.30. The van der Waals surface area contributed by atoms with Crippen molar-refractivity contribution >= 4 is 23.5 Å². The SMILES string of the molecule is Cc1c(Cl)c(C(=O)N(Cc2ccccc2)C(C)C(=O)O)nn1C. The van der Waals surface area contributed by atoms with E-state index in [4.69, 9.17) is 11.6 Å². The third-order valence-electron chi connectivity index (χ3n) is 3.75. The molecule has 1 atom stereocenters. The minimum absolute atomic E-state index is 0.0655. The average molecular weight is 336 g/mol. The van der Waals surface area contributed by atoms with Crippen LogP contribution in [0.5, 0.6) is 0 Å². The molecule has 0 aliphatic heterocycles. The molecule has 122 valence electrons. The van der Waals surface area contributed by atoms with Crippen molar-refractivity contribution in [2.75, 3.05) is 0 Å². The van der Waals surface area contributed by atoms with Crippen LogP contribution >= 0.6 is 11.6 Å². The minimum Gasteiger partial charge on any atom is -0.480 e. The third kappa shape index (κ3) is 3.53. The van der Waals surface area contributed by atoms with E-state index in [0.29, 0.717) is 5.69 Å². The molecule has 1 unspecified atom stereocenters. The lowest BCUT2D eigenvalue weighted by atomic mass is 10.1. The Kier molecular flexibility index (Phi) is 5.05. The molecule has 6 nitrogen and oxygen atoms in total. The summed E-state index contributed by atoms with van der Waals surface area (Å²) in [6.07, 6.45) is 0. The molecule has 7 heteroatoms. The maximum atomic E-state index is 12.8. The van der Waals surface area contributed by atoms with Gasteiger partial charge in [0.25, 0.3) is 5.91 Å². The van der Waals surface area contributed by atoms with Crippen LogP contribution in [0.25, 0.3) is 0 Å². The van der Waals surface area contributed by atoms with E-state index in [1.54, 1.807) is 14.0 Å². The summed E-state index contributed by atoms with van der Waals surface area (Å²) in [5.41, 5.74) is 1.55. The molecule has 0 fully saturated rings. The van der Waals surface area contributed by atoms with Crippen molar-refractivity contribution in [2.45, 2.75) is 26.4 Å². The number of aliphatic carboxylic acids is 1. The van der Waals surface area contributed by atoms with E-state index in [1.165, 1.54) is 16.5 Å². The van der Waals surface area contributed by atoms with Crippen molar-refractivity contribution in [3.63, 3.8) is 0 Å². The Hall–Kier alpha value is -2.34. The number of benzene rings is 1. The molecule has 2 aromatic rings. The summed E-state index contributed by atoms with van der Waals surface area (Å²) in [5.74, 6) is -1.59. The standard InChI is InChI=1S/C16H18ClN3O3/c1-10-13(17)14(18-19(10)3)15(21)20(11(2)16(22)23)9-12-7-5-4-6-8-12/h4-8,11H,9H2,1-3H3,(H,22,23). The van der Waals surface area contributed by atoms with E-state index >= 15 is 0 Å². The Bertz CT molecular complexity index is 728. The topological polar surface area (TPSA) is 75.4 Å². The number of carbonyl (C=O) groups is 2. The first-order valence-corrected chi connectivity index (χ1v) is 7.47. The lowest BCUT2D eigenvalue weighted by molar-refractivity contribution is -0.141. The van der Waals surface area contributed by atoms with Gasteiger partial charge in [0, 0.05) is 13.6 Å². The predicted molar refractivity (Wildman–Crippen MR) is 86.4 cm³/mol. The number of aryl methyl sites for hydroxylation is 1. The number of carbonyl (C=O) groups excluding carboxylic acids is 1. The number of hydrogen-bond acceptors (Lipinski definition) is 3. The summed E-state index contributed by atoms with van der Waals surface area (Å²) in [6.45, 7) is 3.38. The molecular weight excluding hydrogens is 318 g/mol. The fourth-order valence-corrected chi connectivity index (χ4v) is 2.39. The molecule has 0 saturated heterocycles. The first-order valence-electron chi connectivity index (χ1n) is 7.09. The second kappa shape index (κ2) is 6.83. The smallest absolute Gasteiger partial charge is 0.326 e. The summed E-state index contributed by atoms with van der Waals surface area (Å²) < 4.78 is 1.50. The molecule has 0 spiro atoms. The molecule has 0 radical (unpaired) electrons. The maximum absolute atomic E-state index is 12.8. The van der Waals surface area contributed by atoms with Crippen LogP contribution < -0.4 is 0 Å². The van der Waals surface area contributed by atoms with Crippen molar-refractivity contribution in [3.8, 4) is 0 Å². The van der Waals surface area contributed by atoms with Gasteiger partial charge in [-0.15, -0.1) is 0 Å². The number of aromatic nitrogens is 2. The third-order valence-corrected chi connectivity index (χ3v) is 4.20. The van der Waals surface area contributed by atoms with Gasteiger partial charge in [0.05, 0.1) is 10.7 Å². The second-order valence-corrected chi connectivity index (χ2v) is 5.68. The summed E-state index contributed by atoms with van der Waals surface area (Å²) in [4.78, 5) is 25.4. The lowest BCUT2D eigenvalue weighted by Gasteiger charge is -2.26. The van der Waals surface area contributed by atoms with Crippen LogP contribution in [-0.2, 0) is 18.4 Å². The molecule has 23 heavy (non-hydrogen) atoms. The zero-order valence-electron chi connectivity index (χ0n) is 13.2. The first-order chi connectivity index (χ1) is 10.8. The molecule has 1 N–H and O–H groups in total. The van der Waals surface area contributed by atoms with E-state index < -0.39 is 17.9 Å². The van der Waals surface area contributed by atoms with Crippen LogP contribution in [-0.4, -0.2) is 37.7 Å². The van der Waals surface area contributed by atoms with Gasteiger partial charge < -0.3 is 10.0 Å². The molecule has 0 aliphatic carbocycles. The van der Waals surface area contributed by atoms with Crippen molar-refractivity contribution in [2.24, 2.45) is 7.05 Å². The Morgan fingerprint density at radius 2 is 1.96 bits per heavy atom. The predicted octanol–water partition coefficient (Wildman–Crippen LogP) is 2.50. The highest BCUT2D eigenvalue weighted by atomic mass is 35.5. The summed E-state index contributed by atoms with van der Waals surface area (Å²) >= 11 is 6.16. The Labute approximate surface area is 139 Å². The molecule has 1 heterocycles. The van der Waals surface area contributed by atoms with Gasteiger partial charge in [-0.3, -0.25) is 9.48 Å². The lowest BCUT2D eigenvalue weighted by Crippen LogP contribution is -2.43.